The first-order chi connectivity index (χ1) is 10.0. The van der Waals surface area contributed by atoms with Crippen LogP contribution in [0.25, 0.3) is 0 Å². The van der Waals surface area contributed by atoms with E-state index in [0.29, 0.717) is 0 Å². The summed E-state index contributed by atoms with van der Waals surface area (Å²) in [6, 6.07) is 0. The molecular weight excluding hydrogens is 309 g/mol. The monoisotopic (exact) mass is 329 g/mol. The molecule has 0 saturated heterocycles. The van der Waals surface area contributed by atoms with Crippen LogP contribution in [-0.4, -0.2) is 61.9 Å². The van der Waals surface area contributed by atoms with Crippen LogP contribution in [0.15, 0.2) is 5.29 Å². The number of carbonyl (C=O) groups is 2. The summed E-state index contributed by atoms with van der Waals surface area (Å²) in [5, 5.41) is 19.0. The number of carbonyl (C=O) groups excluding carboxylic acids is 2. The van der Waals surface area contributed by atoms with Crippen molar-refractivity contribution < 1.29 is 48.6 Å². The summed E-state index contributed by atoms with van der Waals surface area (Å²) in [7, 11) is 0. The van der Waals surface area contributed by atoms with E-state index in [0.717, 1.165) is 5.01 Å². The third-order valence-electron chi connectivity index (χ3n) is 2.14. The SMILES string of the molecule is CCOC(=O)NCCN(CCNC(=O)OCC)N([O-])N=O.[Na+]. The van der Waals surface area contributed by atoms with E-state index >= 15 is 0 Å². The molecule has 0 unspecified atom stereocenters. The van der Waals surface area contributed by atoms with Crippen LogP contribution in [0, 0.1) is 10.1 Å². The van der Waals surface area contributed by atoms with Gasteiger partial charge in [-0.2, -0.15) is 0 Å². The number of hydrogen-bond acceptors (Lipinski definition) is 8. The largest absolute Gasteiger partial charge is 1.00 e. The molecule has 0 aliphatic heterocycles. The Bertz CT molecular complexity index is 311. The van der Waals surface area contributed by atoms with Crippen molar-refractivity contribution >= 4 is 12.2 Å². The molecule has 0 bridgehead atoms. The molecule has 0 fully saturated rings. The maximum atomic E-state index is 11.2. The molecule has 12 heteroatoms. The summed E-state index contributed by atoms with van der Waals surface area (Å²) < 4.78 is 9.26. The molecule has 0 aliphatic rings. The number of alkyl carbamates (subject to hydrolysis) is 2. The number of nitrogens with zero attached hydrogens (tertiary/aromatic N) is 3. The maximum Gasteiger partial charge on any atom is 1.00 e. The summed E-state index contributed by atoms with van der Waals surface area (Å²) in [6.45, 7) is 3.96. The topological polar surface area (TPSA) is 136 Å². The van der Waals surface area contributed by atoms with Crippen molar-refractivity contribution in [2.45, 2.75) is 13.8 Å². The van der Waals surface area contributed by atoms with E-state index in [2.05, 4.69) is 25.4 Å². The maximum absolute atomic E-state index is 11.2. The van der Waals surface area contributed by atoms with Gasteiger partial charge < -0.3 is 25.3 Å². The van der Waals surface area contributed by atoms with Crippen LogP contribution >= 0.6 is 0 Å². The van der Waals surface area contributed by atoms with Gasteiger partial charge in [-0.3, -0.25) is 5.28 Å². The van der Waals surface area contributed by atoms with Crippen molar-refractivity contribution in [3.63, 3.8) is 0 Å². The van der Waals surface area contributed by atoms with E-state index in [1.807, 2.05) is 0 Å². The number of rotatable bonds is 10. The van der Waals surface area contributed by atoms with Crippen molar-refractivity contribution in [2.24, 2.45) is 5.29 Å². The third-order valence-corrected chi connectivity index (χ3v) is 2.14. The quantitative estimate of drug-likeness (QED) is 0.249. The summed E-state index contributed by atoms with van der Waals surface area (Å²) >= 11 is 0. The first-order valence-corrected chi connectivity index (χ1v) is 6.41. The van der Waals surface area contributed by atoms with Gasteiger partial charge in [-0.25, -0.2) is 14.6 Å². The minimum absolute atomic E-state index is 0. The van der Waals surface area contributed by atoms with Gasteiger partial charge in [-0.1, -0.05) is 0 Å². The predicted octanol–water partition coefficient (Wildman–Crippen LogP) is -2.82. The molecule has 11 nitrogen and oxygen atoms in total. The van der Waals surface area contributed by atoms with Crippen molar-refractivity contribution in [3.05, 3.63) is 10.1 Å². The van der Waals surface area contributed by atoms with Crippen LogP contribution in [0.2, 0.25) is 0 Å². The number of nitroso groups, excluding NO2 is 1. The Morgan fingerprint density at radius 3 is 1.77 bits per heavy atom. The molecule has 122 valence electrons. The standard InChI is InChI=1S/C10H20N5O6.Na/c1-3-20-9(16)11-5-7-14(15(19)13-18)8-6-12-10(17)21-4-2;/h3-8H2,1-2H3,(H,11,16)(H,12,17);/q-1;+1. The van der Waals surface area contributed by atoms with Gasteiger partial charge in [0.15, 0.2) is 0 Å². The zero-order valence-electron chi connectivity index (χ0n) is 13.0. The first-order valence-electron chi connectivity index (χ1n) is 6.41. The molecule has 0 aromatic rings. The predicted molar refractivity (Wildman–Crippen MR) is 72.6 cm³/mol. The molecule has 2 amide bonds. The Labute approximate surface area is 150 Å². The van der Waals surface area contributed by atoms with Crippen LogP contribution < -0.4 is 40.2 Å². The molecule has 22 heavy (non-hydrogen) atoms. The summed E-state index contributed by atoms with van der Waals surface area (Å²) in [5.74, 6) is 0. The molecule has 0 heterocycles. The van der Waals surface area contributed by atoms with Gasteiger partial charge >= 0.3 is 41.7 Å². The van der Waals surface area contributed by atoms with E-state index in [1.54, 1.807) is 13.8 Å². The molecule has 0 radical (unpaired) electrons. The Morgan fingerprint density at radius 1 is 1.05 bits per heavy atom. The molecule has 0 atom stereocenters. The van der Waals surface area contributed by atoms with Gasteiger partial charge in [0.2, 0.25) is 0 Å². The Hall–Kier alpha value is -1.14. The van der Waals surface area contributed by atoms with Crippen LogP contribution in [-0.2, 0) is 9.47 Å². The van der Waals surface area contributed by atoms with E-state index in [9.17, 15) is 19.7 Å². The molecule has 0 spiro atoms. The summed E-state index contributed by atoms with van der Waals surface area (Å²) in [5.41, 5.74) is 0. The zero-order chi connectivity index (χ0) is 16.1. The average Bonchev–Trinajstić information content (AvgIpc) is 2.45. The fraction of sp³-hybridized carbons (Fsp3) is 0.800. The summed E-state index contributed by atoms with van der Waals surface area (Å²) in [6.07, 6.45) is -1.25. The van der Waals surface area contributed by atoms with E-state index < -0.39 is 12.2 Å². The fourth-order valence-electron chi connectivity index (χ4n) is 1.27. The van der Waals surface area contributed by atoms with Gasteiger partial charge in [-0.15, -0.1) is 4.91 Å². The Kier molecular flexibility index (Phi) is 15.5. The second kappa shape index (κ2) is 14.8. The van der Waals surface area contributed by atoms with Gasteiger partial charge in [0.25, 0.3) is 0 Å². The van der Waals surface area contributed by atoms with Crippen LogP contribution in [0.1, 0.15) is 13.8 Å². The minimum atomic E-state index is -0.626. The molecule has 2 N–H and O–H groups in total. The molecule has 0 aliphatic carbocycles. The van der Waals surface area contributed by atoms with Crippen LogP contribution in [0.4, 0.5) is 9.59 Å². The third kappa shape index (κ3) is 11.5. The van der Waals surface area contributed by atoms with Crippen molar-refractivity contribution in [3.8, 4) is 0 Å². The zero-order valence-corrected chi connectivity index (χ0v) is 15.0. The van der Waals surface area contributed by atoms with Crippen LogP contribution in [0.5, 0.6) is 0 Å². The minimum Gasteiger partial charge on any atom is -0.724 e. The molecular formula is C10H20N5NaO6. The second-order valence-corrected chi connectivity index (χ2v) is 3.58. The van der Waals surface area contributed by atoms with Crippen molar-refractivity contribution in [1.29, 1.82) is 0 Å². The van der Waals surface area contributed by atoms with E-state index in [1.165, 1.54) is 0 Å². The van der Waals surface area contributed by atoms with Crippen molar-refractivity contribution in [2.75, 3.05) is 39.4 Å². The molecule has 0 rings (SSSR count). The van der Waals surface area contributed by atoms with Gasteiger partial charge in [0, 0.05) is 26.2 Å². The van der Waals surface area contributed by atoms with Crippen molar-refractivity contribution in [1.82, 2.24) is 20.9 Å². The van der Waals surface area contributed by atoms with Gasteiger partial charge in [0.1, 0.15) is 0 Å². The van der Waals surface area contributed by atoms with Gasteiger partial charge in [0.05, 0.1) is 18.5 Å². The number of hydrazine groups is 1. The number of nitrogens with one attached hydrogen (secondary N) is 2. The van der Waals surface area contributed by atoms with Crippen LogP contribution in [0.3, 0.4) is 0 Å². The number of hydrogen-bond donors (Lipinski definition) is 2. The Balaban J connectivity index is 0. The second-order valence-electron chi connectivity index (χ2n) is 3.58. The number of ether oxygens (including phenoxy) is 2. The number of amides is 2. The summed E-state index contributed by atoms with van der Waals surface area (Å²) in [4.78, 5) is 32.3. The first kappa shape index (κ1) is 23.1. The molecule has 0 saturated carbocycles. The Morgan fingerprint density at radius 2 is 1.45 bits per heavy atom. The van der Waals surface area contributed by atoms with Gasteiger partial charge in [-0.05, 0) is 13.8 Å². The van der Waals surface area contributed by atoms with E-state index in [4.69, 9.17) is 0 Å². The molecule has 0 aromatic heterocycles. The molecule has 0 aromatic carbocycles. The van der Waals surface area contributed by atoms with E-state index in [-0.39, 0.29) is 74.2 Å². The smallest absolute Gasteiger partial charge is 0.724 e. The fourth-order valence-corrected chi connectivity index (χ4v) is 1.27. The average molecular weight is 329 g/mol. The normalized spacial score (nSPS) is 9.45.